The van der Waals surface area contributed by atoms with Gasteiger partial charge in [0, 0.05) is 20.1 Å². The summed E-state index contributed by atoms with van der Waals surface area (Å²) in [7, 11) is 1.81. The van der Waals surface area contributed by atoms with Gasteiger partial charge in [0.15, 0.2) is 5.82 Å². The minimum absolute atomic E-state index is 0.431. The number of hydrogen-bond donors (Lipinski definition) is 1. The number of anilines is 1. The first-order valence-corrected chi connectivity index (χ1v) is 3.63. The van der Waals surface area contributed by atoms with Crippen molar-refractivity contribution in [1.29, 1.82) is 0 Å². The van der Waals surface area contributed by atoms with E-state index in [-0.39, 0.29) is 0 Å². The standard InChI is InChI=1S/C7H11FN4/c1-12(3-2-9)7-10-4-6(8)5-11-7/h4-5H,2-3,9H2,1H3. The SMILES string of the molecule is CN(CCN)c1ncc(F)cn1. The average Bonchev–Trinajstić information content (AvgIpc) is 2.06. The summed E-state index contributed by atoms with van der Waals surface area (Å²) >= 11 is 0. The van der Waals surface area contributed by atoms with Crippen molar-refractivity contribution in [1.82, 2.24) is 9.97 Å². The number of rotatable bonds is 3. The first-order valence-electron chi connectivity index (χ1n) is 3.63. The van der Waals surface area contributed by atoms with Gasteiger partial charge in [-0.3, -0.25) is 0 Å². The minimum Gasteiger partial charge on any atom is -0.343 e. The van der Waals surface area contributed by atoms with Crippen molar-refractivity contribution in [2.45, 2.75) is 0 Å². The Kier molecular flexibility index (Phi) is 2.93. The number of hydrogen-bond acceptors (Lipinski definition) is 4. The molecule has 0 spiro atoms. The number of halogens is 1. The first-order chi connectivity index (χ1) is 5.74. The Bertz CT molecular complexity index is 236. The van der Waals surface area contributed by atoms with Crippen LogP contribution in [0.15, 0.2) is 12.4 Å². The molecule has 2 N–H and O–H groups in total. The second-order valence-corrected chi connectivity index (χ2v) is 2.41. The highest BCUT2D eigenvalue weighted by molar-refractivity contribution is 5.26. The topological polar surface area (TPSA) is 55.0 Å². The Balaban J connectivity index is 2.68. The van der Waals surface area contributed by atoms with Crippen molar-refractivity contribution in [3.8, 4) is 0 Å². The van der Waals surface area contributed by atoms with Gasteiger partial charge < -0.3 is 10.6 Å². The summed E-state index contributed by atoms with van der Waals surface area (Å²) in [5, 5.41) is 0. The van der Waals surface area contributed by atoms with Gasteiger partial charge in [-0.25, -0.2) is 14.4 Å². The Morgan fingerprint density at radius 3 is 2.58 bits per heavy atom. The van der Waals surface area contributed by atoms with Crippen LogP contribution < -0.4 is 10.6 Å². The van der Waals surface area contributed by atoms with Gasteiger partial charge >= 0.3 is 0 Å². The maximum atomic E-state index is 12.4. The van der Waals surface area contributed by atoms with Gasteiger partial charge in [0.05, 0.1) is 12.4 Å². The predicted octanol–water partition coefficient (Wildman–Crippen LogP) is 0.0106. The molecule has 66 valence electrons. The molecule has 0 amide bonds. The second kappa shape index (κ2) is 3.96. The molecular formula is C7H11FN4. The van der Waals surface area contributed by atoms with Crippen molar-refractivity contribution in [3.05, 3.63) is 18.2 Å². The number of aromatic nitrogens is 2. The molecule has 5 heteroatoms. The van der Waals surface area contributed by atoms with E-state index in [0.29, 0.717) is 19.0 Å². The summed E-state index contributed by atoms with van der Waals surface area (Å²) in [5.74, 6) is 0.0572. The molecule has 0 unspecified atom stereocenters. The molecule has 1 rings (SSSR count). The molecule has 1 aromatic rings. The maximum Gasteiger partial charge on any atom is 0.225 e. The summed E-state index contributed by atoms with van der Waals surface area (Å²) in [6.07, 6.45) is 2.27. The monoisotopic (exact) mass is 170 g/mol. The van der Waals surface area contributed by atoms with E-state index in [1.807, 2.05) is 0 Å². The second-order valence-electron chi connectivity index (χ2n) is 2.41. The fraction of sp³-hybridized carbons (Fsp3) is 0.429. The Hall–Kier alpha value is -1.23. The third-order valence-electron chi connectivity index (χ3n) is 1.41. The molecule has 0 fully saturated rings. The third-order valence-corrected chi connectivity index (χ3v) is 1.41. The third kappa shape index (κ3) is 2.13. The molecule has 0 aliphatic rings. The number of likely N-dealkylation sites (N-methyl/N-ethyl adjacent to an activating group) is 1. The van der Waals surface area contributed by atoms with Crippen molar-refractivity contribution in [3.63, 3.8) is 0 Å². The zero-order valence-corrected chi connectivity index (χ0v) is 6.87. The molecule has 4 nitrogen and oxygen atoms in total. The lowest BCUT2D eigenvalue weighted by atomic mass is 10.5. The summed E-state index contributed by atoms with van der Waals surface area (Å²) in [6, 6.07) is 0. The number of nitrogens with two attached hydrogens (primary N) is 1. The summed E-state index contributed by atoms with van der Waals surface area (Å²) in [6.45, 7) is 1.18. The van der Waals surface area contributed by atoms with E-state index in [9.17, 15) is 4.39 Å². The lowest BCUT2D eigenvalue weighted by molar-refractivity contribution is 0.612. The maximum absolute atomic E-state index is 12.4. The quantitative estimate of drug-likeness (QED) is 0.694. The highest BCUT2D eigenvalue weighted by atomic mass is 19.1. The first kappa shape index (κ1) is 8.86. The fourth-order valence-electron chi connectivity index (χ4n) is 0.796. The van der Waals surface area contributed by atoms with E-state index in [0.717, 1.165) is 12.4 Å². The fourth-order valence-corrected chi connectivity index (χ4v) is 0.796. The van der Waals surface area contributed by atoms with Crippen LogP contribution in [-0.2, 0) is 0 Å². The Morgan fingerprint density at radius 1 is 1.50 bits per heavy atom. The Labute approximate surface area is 70.2 Å². The van der Waals surface area contributed by atoms with Crippen LogP contribution in [0.4, 0.5) is 10.3 Å². The molecule has 1 heterocycles. The normalized spacial score (nSPS) is 9.92. The number of nitrogens with zero attached hydrogens (tertiary/aromatic N) is 3. The zero-order chi connectivity index (χ0) is 8.97. The largest absolute Gasteiger partial charge is 0.343 e. The molecule has 0 aromatic carbocycles. The van der Waals surface area contributed by atoms with Crippen LogP contribution in [-0.4, -0.2) is 30.1 Å². The van der Waals surface area contributed by atoms with Crippen LogP contribution in [0.25, 0.3) is 0 Å². The van der Waals surface area contributed by atoms with Crippen LogP contribution in [0.5, 0.6) is 0 Å². The lowest BCUT2D eigenvalue weighted by Crippen LogP contribution is -2.26. The van der Waals surface area contributed by atoms with Gasteiger partial charge in [-0.2, -0.15) is 0 Å². The van der Waals surface area contributed by atoms with Crippen molar-refractivity contribution >= 4 is 5.95 Å². The molecule has 1 aromatic heterocycles. The molecule has 0 aliphatic heterocycles. The Morgan fingerprint density at radius 2 is 2.08 bits per heavy atom. The molecule has 0 radical (unpaired) electrons. The van der Waals surface area contributed by atoms with Crippen LogP contribution in [0.3, 0.4) is 0 Å². The molecule has 0 saturated carbocycles. The zero-order valence-electron chi connectivity index (χ0n) is 6.87. The molecular weight excluding hydrogens is 159 g/mol. The van der Waals surface area contributed by atoms with E-state index in [1.165, 1.54) is 0 Å². The van der Waals surface area contributed by atoms with Gasteiger partial charge in [0.2, 0.25) is 5.95 Å². The van der Waals surface area contributed by atoms with Crippen LogP contribution in [0, 0.1) is 5.82 Å². The van der Waals surface area contributed by atoms with Crippen molar-refractivity contribution in [2.75, 3.05) is 25.0 Å². The van der Waals surface area contributed by atoms with Gasteiger partial charge in [0.1, 0.15) is 0 Å². The predicted molar refractivity (Wildman–Crippen MR) is 44.3 cm³/mol. The van der Waals surface area contributed by atoms with Crippen LogP contribution in [0.2, 0.25) is 0 Å². The molecule has 0 saturated heterocycles. The van der Waals surface area contributed by atoms with Crippen molar-refractivity contribution < 1.29 is 4.39 Å². The van der Waals surface area contributed by atoms with E-state index >= 15 is 0 Å². The molecule has 0 atom stereocenters. The van der Waals surface area contributed by atoms with E-state index in [2.05, 4.69) is 9.97 Å². The lowest BCUT2D eigenvalue weighted by Gasteiger charge is -2.14. The smallest absolute Gasteiger partial charge is 0.225 e. The highest BCUT2D eigenvalue weighted by Crippen LogP contribution is 2.02. The van der Waals surface area contributed by atoms with E-state index in [4.69, 9.17) is 5.73 Å². The van der Waals surface area contributed by atoms with Crippen LogP contribution in [0.1, 0.15) is 0 Å². The summed E-state index contributed by atoms with van der Waals surface area (Å²) < 4.78 is 12.4. The van der Waals surface area contributed by atoms with Gasteiger partial charge in [-0.1, -0.05) is 0 Å². The molecule has 12 heavy (non-hydrogen) atoms. The van der Waals surface area contributed by atoms with Gasteiger partial charge in [0.25, 0.3) is 0 Å². The van der Waals surface area contributed by atoms with Crippen molar-refractivity contribution in [2.24, 2.45) is 5.73 Å². The molecule has 0 bridgehead atoms. The average molecular weight is 170 g/mol. The highest BCUT2D eigenvalue weighted by Gasteiger charge is 2.01. The molecule has 0 aliphatic carbocycles. The van der Waals surface area contributed by atoms with Crippen LogP contribution >= 0.6 is 0 Å². The van der Waals surface area contributed by atoms with E-state index < -0.39 is 5.82 Å². The summed E-state index contributed by atoms with van der Waals surface area (Å²) in [5.41, 5.74) is 5.33. The minimum atomic E-state index is -0.431. The van der Waals surface area contributed by atoms with Gasteiger partial charge in [-0.05, 0) is 0 Å². The summed E-state index contributed by atoms with van der Waals surface area (Å²) in [4.78, 5) is 9.33. The van der Waals surface area contributed by atoms with Gasteiger partial charge in [-0.15, -0.1) is 0 Å². The van der Waals surface area contributed by atoms with E-state index in [1.54, 1.807) is 11.9 Å².